The molecular formula is C40H56N16. The molecule has 0 N–H and O–H groups in total. The molecule has 0 amide bonds. The van der Waals surface area contributed by atoms with Gasteiger partial charge < -0.3 is 9.13 Å². The Morgan fingerprint density at radius 3 is 1.41 bits per heavy atom. The van der Waals surface area contributed by atoms with Gasteiger partial charge in [-0.15, -0.1) is 20.4 Å². The molecule has 16 nitrogen and oxygen atoms in total. The van der Waals surface area contributed by atoms with Crippen molar-refractivity contribution in [2.24, 2.45) is 28.2 Å². The van der Waals surface area contributed by atoms with Crippen LogP contribution in [0.4, 0.5) is 0 Å². The van der Waals surface area contributed by atoms with Crippen molar-refractivity contribution in [2.45, 2.75) is 55.4 Å². The van der Waals surface area contributed by atoms with E-state index in [0.29, 0.717) is 0 Å². The van der Waals surface area contributed by atoms with E-state index < -0.39 is 0 Å². The smallest absolute Gasteiger partial charge is 0.147 e. The molecule has 0 aliphatic carbocycles. The number of aromatic nitrogens is 16. The third-order valence-corrected chi connectivity index (χ3v) is 6.77. The van der Waals surface area contributed by atoms with E-state index in [0.717, 1.165) is 28.6 Å². The summed E-state index contributed by atoms with van der Waals surface area (Å²) in [7, 11) is 7.44. The Balaban J connectivity index is 0.000000321. The van der Waals surface area contributed by atoms with Crippen LogP contribution in [0.5, 0.6) is 0 Å². The fourth-order valence-electron chi connectivity index (χ4n) is 3.40. The quantitative estimate of drug-likeness (QED) is 0.175. The van der Waals surface area contributed by atoms with Crippen LogP contribution in [0.2, 0.25) is 0 Å². The van der Waals surface area contributed by atoms with E-state index in [1.54, 1.807) is 42.2 Å². The summed E-state index contributed by atoms with van der Waals surface area (Å²) in [6, 6.07) is 22.0. The summed E-state index contributed by atoms with van der Waals surface area (Å²) in [4.78, 5) is 16.2. The van der Waals surface area contributed by atoms with Crippen molar-refractivity contribution in [1.82, 2.24) is 79.7 Å². The Bertz CT molecular complexity index is 1910. The average molecular weight is 761 g/mol. The summed E-state index contributed by atoms with van der Waals surface area (Å²) < 4.78 is 6.92. The van der Waals surface area contributed by atoms with Gasteiger partial charge in [-0.2, -0.15) is 0 Å². The average Bonchev–Trinajstić information content (AvgIpc) is 4.03. The standard InChI is InChI=1S/3C7H9N.C6H7N.C5H7N.C3H6N4.C3H5N3.C2H4N4/c1-6-3-4-8-7(2)5-6;1-6-3-4-7(2)8-5-6;1-6-4-3-5-8-7(6)2;1-6-4-2-3-5-7-6;1-6-4-2-3-5-6;1-3-4-5-6-7(3)2;1-6-2-4-5-3-6;1-6-2-3-4-5-6/h3*3-5H,1-2H3;2-5H,1H3;2-5H,1H3;1-2H3;2-3H,1H3;2H,1H3. The summed E-state index contributed by atoms with van der Waals surface area (Å²) in [6.07, 6.45) is 16.1. The molecule has 56 heavy (non-hydrogen) atoms. The lowest BCUT2D eigenvalue weighted by Gasteiger charge is -1.92. The van der Waals surface area contributed by atoms with Gasteiger partial charge in [-0.25, -0.2) is 9.36 Å². The lowest BCUT2D eigenvalue weighted by molar-refractivity contribution is 0.695. The van der Waals surface area contributed by atoms with Crippen molar-refractivity contribution < 1.29 is 0 Å². The summed E-state index contributed by atoms with van der Waals surface area (Å²) in [5.41, 5.74) is 8.11. The molecule has 296 valence electrons. The topological polar surface area (TPSA) is 174 Å². The summed E-state index contributed by atoms with van der Waals surface area (Å²) in [5.74, 6) is 0.833. The fourth-order valence-corrected chi connectivity index (χ4v) is 3.40. The lowest BCUT2D eigenvalue weighted by atomic mass is 10.2. The van der Waals surface area contributed by atoms with Gasteiger partial charge in [-0.05, 0) is 141 Å². The minimum Gasteiger partial charge on any atom is -0.357 e. The van der Waals surface area contributed by atoms with Crippen LogP contribution >= 0.6 is 0 Å². The maximum atomic E-state index is 4.08. The molecule has 0 unspecified atom stereocenters. The van der Waals surface area contributed by atoms with Crippen LogP contribution < -0.4 is 0 Å². The second-order valence-electron chi connectivity index (χ2n) is 12.1. The van der Waals surface area contributed by atoms with E-state index in [1.807, 2.05) is 140 Å². The van der Waals surface area contributed by atoms with E-state index in [2.05, 4.69) is 93.2 Å². The minimum absolute atomic E-state index is 0.833. The van der Waals surface area contributed by atoms with Gasteiger partial charge in [0.15, 0.2) is 0 Å². The van der Waals surface area contributed by atoms with Crippen molar-refractivity contribution in [3.8, 4) is 0 Å². The Morgan fingerprint density at radius 2 is 1.14 bits per heavy atom. The molecule has 0 aliphatic heterocycles. The van der Waals surface area contributed by atoms with Gasteiger partial charge in [0.05, 0.1) is 0 Å². The SMILES string of the molecule is Cc1ccc(C)nc1.Cc1ccccn1.Cc1cccnc1C.Cc1ccnc(C)c1.Cc1nnnn1C.Cn1cccc1.Cn1cnnc1.Cn1cnnn1. The molecule has 8 rings (SSSR count). The van der Waals surface area contributed by atoms with Crippen molar-refractivity contribution in [1.29, 1.82) is 0 Å². The molecule has 0 bridgehead atoms. The van der Waals surface area contributed by atoms with Crippen LogP contribution in [0.3, 0.4) is 0 Å². The molecule has 0 spiro atoms. The van der Waals surface area contributed by atoms with Crippen molar-refractivity contribution >= 4 is 0 Å². The number of aryl methyl sites for hydroxylation is 12. The van der Waals surface area contributed by atoms with Crippen LogP contribution in [0, 0.1) is 55.4 Å². The highest BCUT2D eigenvalue weighted by molar-refractivity contribution is 5.15. The Kier molecular flexibility index (Phi) is 24.1. The Labute approximate surface area is 330 Å². The van der Waals surface area contributed by atoms with Gasteiger partial charge in [0, 0.05) is 88.1 Å². The van der Waals surface area contributed by atoms with Crippen LogP contribution in [-0.2, 0) is 28.2 Å². The predicted molar refractivity (Wildman–Crippen MR) is 219 cm³/mol. The first-order valence-corrected chi connectivity index (χ1v) is 17.5. The first kappa shape index (κ1) is 47.2. The predicted octanol–water partition coefficient (Wildman–Crippen LogP) is 6.05. The molecule has 0 aromatic carbocycles. The third-order valence-electron chi connectivity index (χ3n) is 6.77. The highest BCUT2D eigenvalue weighted by Crippen LogP contribution is 1.99. The highest BCUT2D eigenvalue weighted by Gasteiger charge is 1.88. The Hall–Kier alpha value is -6.84. The van der Waals surface area contributed by atoms with Gasteiger partial charge >= 0.3 is 0 Å². The van der Waals surface area contributed by atoms with Crippen molar-refractivity contribution in [2.75, 3.05) is 0 Å². The summed E-state index contributed by atoms with van der Waals surface area (Å²) in [6.45, 7) is 16.0. The number of pyridine rings is 4. The van der Waals surface area contributed by atoms with E-state index in [9.17, 15) is 0 Å². The number of rotatable bonds is 0. The largest absolute Gasteiger partial charge is 0.357 e. The van der Waals surface area contributed by atoms with Crippen molar-refractivity contribution in [3.63, 3.8) is 0 Å². The van der Waals surface area contributed by atoms with E-state index in [1.165, 1.54) is 27.7 Å². The zero-order chi connectivity index (χ0) is 41.6. The molecule has 0 saturated heterocycles. The third kappa shape index (κ3) is 25.2. The molecule has 8 heterocycles. The summed E-state index contributed by atoms with van der Waals surface area (Å²) >= 11 is 0. The minimum atomic E-state index is 0.833. The van der Waals surface area contributed by atoms with Gasteiger partial charge in [-0.1, -0.05) is 18.2 Å². The molecule has 8 aromatic rings. The second kappa shape index (κ2) is 28.6. The zero-order valence-electron chi connectivity index (χ0n) is 34.7. The molecule has 0 saturated carbocycles. The molecule has 0 aliphatic rings. The second-order valence-corrected chi connectivity index (χ2v) is 12.1. The monoisotopic (exact) mass is 760 g/mol. The number of hydrogen-bond donors (Lipinski definition) is 0. The molecule has 0 radical (unpaired) electrons. The normalized spacial score (nSPS) is 9.07. The Morgan fingerprint density at radius 1 is 0.482 bits per heavy atom. The van der Waals surface area contributed by atoms with Gasteiger partial charge in [0.25, 0.3) is 0 Å². The van der Waals surface area contributed by atoms with Crippen LogP contribution in [0.1, 0.15) is 45.3 Å². The van der Waals surface area contributed by atoms with Crippen LogP contribution in [-0.4, -0.2) is 79.7 Å². The fraction of sp³-hybridized carbons (Fsp3) is 0.300. The number of hydrogen-bond acceptors (Lipinski definition) is 12. The molecular weight excluding hydrogens is 705 g/mol. The van der Waals surface area contributed by atoms with Crippen LogP contribution in [0.25, 0.3) is 0 Å². The zero-order valence-corrected chi connectivity index (χ0v) is 34.7. The first-order valence-electron chi connectivity index (χ1n) is 17.5. The molecule has 8 aromatic heterocycles. The maximum absolute atomic E-state index is 4.08. The lowest BCUT2D eigenvalue weighted by Crippen LogP contribution is -1.92. The molecule has 0 fully saturated rings. The molecule has 16 heteroatoms. The van der Waals surface area contributed by atoms with E-state index >= 15 is 0 Å². The highest BCUT2D eigenvalue weighted by atomic mass is 15.5. The van der Waals surface area contributed by atoms with Gasteiger partial charge in [0.1, 0.15) is 24.8 Å². The number of nitrogens with zero attached hydrogens (tertiary/aromatic N) is 16. The first-order chi connectivity index (χ1) is 26.8. The van der Waals surface area contributed by atoms with Crippen LogP contribution in [0.15, 0.2) is 123 Å². The van der Waals surface area contributed by atoms with Crippen molar-refractivity contribution in [3.05, 3.63) is 168 Å². The number of tetrazole rings is 2. The van der Waals surface area contributed by atoms with E-state index in [-0.39, 0.29) is 0 Å². The van der Waals surface area contributed by atoms with Gasteiger partial charge in [0.2, 0.25) is 0 Å². The van der Waals surface area contributed by atoms with Gasteiger partial charge in [-0.3, -0.25) is 19.9 Å². The van der Waals surface area contributed by atoms with E-state index in [4.69, 9.17) is 0 Å². The summed E-state index contributed by atoms with van der Waals surface area (Å²) in [5, 5.41) is 27.8. The maximum Gasteiger partial charge on any atom is 0.147 e. The molecule has 0 atom stereocenters.